The Hall–Kier alpha value is -11.8. The topological polar surface area (TPSA) is 148 Å². The Morgan fingerprint density at radius 2 is 0.632 bits per heavy atom. The minimum atomic E-state index is -0.235. The molecule has 0 radical (unpaired) electrons. The number of fused-ring (bicyclic) bond motifs is 3. The number of nitrogens with zero attached hydrogens (tertiary/aromatic N) is 10. The molecule has 0 bridgehead atoms. The van der Waals surface area contributed by atoms with E-state index >= 15 is 0 Å². The molecule has 12 aromatic rings. The number of carbonyl (C=O) groups excluding carboxylic acids is 3. The lowest BCUT2D eigenvalue weighted by atomic mass is 9.98. The first-order valence-electron chi connectivity index (χ1n) is 31.9. The fourth-order valence-electron chi connectivity index (χ4n) is 12.4. The van der Waals surface area contributed by atoms with E-state index in [0.29, 0.717) is 56.6 Å². The van der Waals surface area contributed by atoms with Gasteiger partial charge in [-0.1, -0.05) is 148 Å². The Morgan fingerprint density at radius 3 is 0.968 bits per heavy atom. The van der Waals surface area contributed by atoms with Crippen molar-refractivity contribution in [3.8, 4) is 5.75 Å². The van der Waals surface area contributed by atoms with Crippen molar-refractivity contribution < 1.29 is 19.1 Å². The first-order valence-corrected chi connectivity index (χ1v) is 31.9. The standard InChI is InChI=1S/C81H72N10O4/c1-10-54-25-16-22-34-72(54)88(6)79(92)69-49-57-28-13-19-31-66(57)75(52(69)4)85-82-60-37-43-63(44-38-60)91(64-45-39-61(40-46-64)83-86-76-53(5)70(50-58-29-14-20-32-67(58)76)80(93)89(7)73-35-23-17-26-55(73)11-2)65-47-41-62(42-48-65)84-87-77-68-33-21-15-30-59(68)51-71(78(77)95-9)81(94)90(8)74-36-24-18-27-56(74)12-3/h13-51H,10-12H2,1-9H3. The summed E-state index contributed by atoms with van der Waals surface area (Å²) in [6, 6.07) is 76.6. The molecule has 0 aliphatic carbocycles. The van der Waals surface area contributed by atoms with E-state index in [2.05, 4.69) is 37.8 Å². The Balaban J connectivity index is 0.887. The molecule has 14 heteroatoms. The van der Waals surface area contributed by atoms with Crippen LogP contribution in [-0.2, 0) is 19.3 Å². The highest BCUT2D eigenvalue weighted by Crippen LogP contribution is 2.44. The number of ether oxygens (including phenoxy) is 1. The van der Waals surface area contributed by atoms with Crippen LogP contribution in [0.1, 0.15) is 79.7 Å². The van der Waals surface area contributed by atoms with Crippen LogP contribution >= 0.6 is 0 Å². The zero-order valence-electron chi connectivity index (χ0n) is 54.7. The molecule has 0 spiro atoms. The van der Waals surface area contributed by atoms with E-state index < -0.39 is 0 Å². The number of aryl methyl sites for hydroxylation is 3. The molecular formula is C81H72N10O4. The predicted octanol–water partition coefficient (Wildman–Crippen LogP) is 22.0. The number of azo groups is 3. The molecule has 12 rings (SSSR count). The first-order chi connectivity index (χ1) is 46.3. The predicted molar refractivity (Wildman–Crippen MR) is 387 cm³/mol. The highest BCUT2D eigenvalue weighted by Gasteiger charge is 2.27. The highest BCUT2D eigenvalue weighted by molar-refractivity contribution is 6.14. The number of benzene rings is 12. The molecule has 0 aromatic heterocycles. The average molecular weight is 1250 g/mol. The summed E-state index contributed by atoms with van der Waals surface area (Å²) in [5.41, 5.74) is 14.5. The van der Waals surface area contributed by atoms with Crippen LogP contribution in [0, 0.1) is 13.8 Å². The molecule has 0 heterocycles. The van der Waals surface area contributed by atoms with Crippen LogP contribution in [0.4, 0.5) is 68.2 Å². The van der Waals surface area contributed by atoms with Crippen molar-refractivity contribution in [2.75, 3.05) is 47.9 Å². The van der Waals surface area contributed by atoms with Gasteiger partial charge in [0.15, 0.2) is 5.75 Å². The van der Waals surface area contributed by atoms with Gasteiger partial charge in [0.2, 0.25) is 0 Å². The summed E-state index contributed by atoms with van der Waals surface area (Å²) in [5.74, 6) is -0.179. The van der Waals surface area contributed by atoms with Crippen LogP contribution in [0.3, 0.4) is 0 Å². The van der Waals surface area contributed by atoms with Gasteiger partial charge in [-0.3, -0.25) is 14.4 Å². The maximum absolute atomic E-state index is 14.5. The summed E-state index contributed by atoms with van der Waals surface area (Å²) in [6.45, 7) is 10.1. The molecule has 0 saturated carbocycles. The number of rotatable bonds is 19. The average Bonchev–Trinajstić information content (AvgIpc) is 0.804. The van der Waals surface area contributed by atoms with Gasteiger partial charge >= 0.3 is 0 Å². The molecule has 95 heavy (non-hydrogen) atoms. The summed E-state index contributed by atoms with van der Waals surface area (Å²) in [4.78, 5) is 50.5. The summed E-state index contributed by atoms with van der Waals surface area (Å²) in [5, 5.41) is 34.1. The van der Waals surface area contributed by atoms with Crippen LogP contribution in [0.25, 0.3) is 32.3 Å². The summed E-state index contributed by atoms with van der Waals surface area (Å²) < 4.78 is 6.04. The van der Waals surface area contributed by atoms with Gasteiger partial charge in [0.05, 0.1) is 41.1 Å². The maximum Gasteiger partial charge on any atom is 0.261 e. The SMILES string of the molecule is CCc1ccccc1N(C)C(=O)c1cc2ccccc2c(N=Nc2ccc(N(c3ccc(N=Nc4c(C)c(C(=O)N(C)c5ccccc5CC)cc5ccccc45)cc3)c3ccc(N=Nc4c(OC)c(C(=O)N(C)c5ccccc5CC)cc5ccccc45)cc3)cc2)c1C. The lowest BCUT2D eigenvalue weighted by molar-refractivity contribution is 0.0983. The van der Waals surface area contributed by atoms with Gasteiger partial charge in [0, 0.05) is 82.6 Å². The van der Waals surface area contributed by atoms with E-state index in [1.165, 1.54) is 0 Å². The molecule has 470 valence electrons. The third-order valence-electron chi connectivity index (χ3n) is 17.7. The maximum atomic E-state index is 14.5. The Morgan fingerprint density at radius 1 is 0.347 bits per heavy atom. The molecule has 0 aliphatic rings. The Bertz CT molecular complexity index is 4780. The fourth-order valence-corrected chi connectivity index (χ4v) is 12.4. The minimum Gasteiger partial charge on any atom is -0.494 e. The molecule has 0 unspecified atom stereocenters. The van der Waals surface area contributed by atoms with Gasteiger partial charge in [0.25, 0.3) is 17.7 Å². The van der Waals surface area contributed by atoms with Crippen LogP contribution in [0.5, 0.6) is 5.75 Å². The van der Waals surface area contributed by atoms with Crippen molar-refractivity contribution in [2.45, 2.75) is 53.9 Å². The molecule has 0 saturated heterocycles. The third kappa shape index (κ3) is 12.8. The molecule has 12 aromatic carbocycles. The van der Waals surface area contributed by atoms with Crippen molar-refractivity contribution in [1.29, 1.82) is 0 Å². The number of hydrogen-bond acceptors (Lipinski definition) is 11. The highest BCUT2D eigenvalue weighted by atomic mass is 16.5. The van der Waals surface area contributed by atoms with Crippen LogP contribution in [0.15, 0.2) is 267 Å². The van der Waals surface area contributed by atoms with Gasteiger partial charge in [-0.2, -0.15) is 15.3 Å². The van der Waals surface area contributed by atoms with Gasteiger partial charge < -0.3 is 24.3 Å². The van der Waals surface area contributed by atoms with Crippen molar-refractivity contribution in [3.63, 3.8) is 0 Å². The molecule has 0 N–H and O–H groups in total. The van der Waals surface area contributed by atoms with Crippen molar-refractivity contribution in [2.24, 2.45) is 30.7 Å². The summed E-state index contributed by atoms with van der Waals surface area (Å²) in [6.07, 6.45) is 2.34. The minimum absolute atomic E-state index is 0.132. The van der Waals surface area contributed by atoms with E-state index in [1.54, 1.807) is 28.9 Å². The van der Waals surface area contributed by atoms with E-state index in [1.807, 2.05) is 252 Å². The van der Waals surface area contributed by atoms with E-state index in [4.69, 9.17) is 35.4 Å². The van der Waals surface area contributed by atoms with Crippen molar-refractivity contribution >= 4 is 118 Å². The molecule has 0 aliphatic heterocycles. The second kappa shape index (κ2) is 28.0. The van der Waals surface area contributed by atoms with Gasteiger partial charge in [-0.25, -0.2) is 0 Å². The third-order valence-corrected chi connectivity index (χ3v) is 17.7. The zero-order valence-corrected chi connectivity index (χ0v) is 54.7. The van der Waals surface area contributed by atoms with E-state index in [0.717, 1.165) is 114 Å². The summed E-state index contributed by atoms with van der Waals surface area (Å²) in [7, 11) is 6.96. The van der Waals surface area contributed by atoms with Crippen molar-refractivity contribution in [1.82, 2.24) is 0 Å². The Labute approximate surface area is 553 Å². The number of amides is 3. The second-order valence-electron chi connectivity index (χ2n) is 23.3. The molecule has 0 fully saturated rings. The van der Waals surface area contributed by atoms with E-state index in [9.17, 15) is 14.4 Å². The number of carbonyl (C=O) groups is 3. The lowest BCUT2D eigenvalue weighted by Crippen LogP contribution is -2.27. The van der Waals surface area contributed by atoms with Gasteiger partial charge in [-0.15, -0.1) is 15.3 Å². The fraction of sp³-hybridized carbons (Fsp3) is 0.148. The van der Waals surface area contributed by atoms with Crippen LogP contribution in [-0.4, -0.2) is 46.0 Å². The normalized spacial score (nSPS) is 11.5. The molecule has 0 atom stereocenters. The molecule has 3 amide bonds. The van der Waals surface area contributed by atoms with Crippen molar-refractivity contribution in [3.05, 3.63) is 281 Å². The summed E-state index contributed by atoms with van der Waals surface area (Å²) >= 11 is 0. The smallest absolute Gasteiger partial charge is 0.261 e. The zero-order chi connectivity index (χ0) is 66.3. The quantitative estimate of drug-likeness (QED) is 0.0740. The van der Waals surface area contributed by atoms with Gasteiger partial charge in [0.1, 0.15) is 5.69 Å². The van der Waals surface area contributed by atoms with E-state index in [-0.39, 0.29) is 17.7 Å². The largest absolute Gasteiger partial charge is 0.494 e. The van der Waals surface area contributed by atoms with Gasteiger partial charge in [-0.05, 0) is 186 Å². The van der Waals surface area contributed by atoms with Crippen LogP contribution < -0.4 is 24.3 Å². The number of para-hydroxylation sites is 3. The van der Waals surface area contributed by atoms with Crippen LogP contribution in [0.2, 0.25) is 0 Å². The number of anilines is 6. The second-order valence-corrected chi connectivity index (χ2v) is 23.3. The lowest BCUT2D eigenvalue weighted by Gasteiger charge is -2.25. The number of methoxy groups -OCH3 is 1. The monoisotopic (exact) mass is 1250 g/mol. The Kier molecular flexibility index (Phi) is 18.7. The molecule has 14 nitrogen and oxygen atoms in total. The number of hydrogen-bond donors (Lipinski definition) is 0. The first kappa shape index (κ1) is 63.4. The molecular weight excluding hydrogens is 1180 g/mol.